The first kappa shape index (κ1) is 32.4. The van der Waals surface area contributed by atoms with Crippen LogP contribution < -0.4 is 15.0 Å². The predicted octanol–water partition coefficient (Wildman–Crippen LogP) is 5.69. The average Bonchev–Trinajstić information content (AvgIpc) is 3.78. The van der Waals surface area contributed by atoms with Crippen LogP contribution in [0.25, 0.3) is 42.5 Å². The highest BCUT2D eigenvalue weighted by molar-refractivity contribution is 7.26. The lowest BCUT2D eigenvalue weighted by Crippen LogP contribution is -2.43. The Morgan fingerprint density at radius 1 is 1.20 bits per heavy atom. The maximum Gasteiger partial charge on any atom is 0.417 e. The summed E-state index contributed by atoms with van der Waals surface area (Å²) in [6, 6.07) is 3.30. The molecule has 3 N–H and O–H groups in total. The Kier molecular flexibility index (Phi) is 7.66. The van der Waals surface area contributed by atoms with Crippen LogP contribution in [0.15, 0.2) is 18.3 Å². The van der Waals surface area contributed by atoms with E-state index >= 15 is 0 Å². The second kappa shape index (κ2) is 11.6. The fourth-order valence-corrected chi connectivity index (χ4v) is 9.03. The van der Waals surface area contributed by atoms with E-state index in [-0.39, 0.29) is 48.0 Å². The topological polar surface area (TPSA) is 125 Å². The monoisotopic (exact) mass is 700 g/mol. The molecule has 7 heterocycles. The lowest BCUT2D eigenvalue weighted by Gasteiger charge is -2.31. The van der Waals surface area contributed by atoms with Gasteiger partial charge in [-0.3, -0.25) is 10.00 Å². The van der Waals surface area contributed by atoms with Gasteiger partial charge in [0.25, 0.3) is 0 Å². The second-order valence-corrected chi connectivity index (χ2v) is 14.7. The maximum atomic E-state index is 14.8. The Hall–Kier alpha value is -3.86. The molecule has 0 unspecified atom stereocenters. The van der Waals surface area contributed by atoms with Crippen LogP contribution in [0.1, 0.15) is 37.3 Å². The smallest absolute Gasteiger partial charge is 0.417 e. The summed E-state index contributed by atoms with van der Waals surface area (Å²) >= 11 is 1.20. The van der Waals surface area contributed by atoms with Crippen molar-refractivity contribution in [3.05, 3.63) is 29.5 Å². The van der Waals surface area contributed by atoms with Crippen molar-refractivity contribution in [2.45, 2.75) is 56.6 Å². The number of ether oxygens (including phenoxy) is 2. The van der Waals surface area contributed by atoms with E-state index < -0.39 is 29.1 Å². The Labute approximate surface area is 282 Å². The summed E-state index contributed by atoms with van der Waals surface area (Å²) in [4.78, 5) is 19.0. The Morgan fingerprint density at radius 3 is 2.84 bits per heavy atom. The molecular weight excluding hydrogens is 664 g/mol. The summed E-state index contributed by atoms with van der Waals surface area (Å²) in [5.41, 5.74) is -1.89. The number of aromatic amines is 1. The zero-order valence-electron chi connectivity index (χ0n) is 27.2. The van der Waals surface area contributed by atoms with Crippen LogP contribution in [0, 0.1) is 6.92 Å². The zero-order valence-corrected chi connectivity index (χ0v) is 28.1. The largest absolute Gasteiger partial charge is 0.461 e. The number of rotatable bonds is 6. The van der Waals surface area contributed by atoms with Crippen molar-refractivity contribution in [2.24, 2.45) is 0 Å². The number of hydrogen-bond donors (Lipinski definition) is 3. The van der Waals surface area contributed by atoms with Gasteiger partial charge in [-0.1, -0.05) is 0 Å². The molecule has 3 saturated heterocycles. The van der Waals surface area contributed by atoms with Crippen LogP contribution in [-0.4, -0.2) is 106 Å². The third-order valence-electron chi connectivity index (χ3n) is 9.98. The molecule has 3 aliphatic heterocycles. The molecule has 0 radical (unpaired) electrons. The van der Waals surface area contributed by atoms with Crippen LogP contribution in [0.2, 0.25) is 0 Å². The van der Waals surface area contributed by atoms with E-state index in [1.54, 1.807) is 20.0 Å². The van der Waals surface area contributed by atoms with E-state index in [2.05, 4.69) is 20.4 Å². The lowest BCUT2D eigenvalue weighted by molar-refractivity contribution is -0.137. The van der Waals surface area contributed by atoms with Crippen molar-refractivity contribution in [1.29, 1.82) is 0 Å². The van der Waals surface area contributed by atoms with Crippen molar-refractivity contribution in [2.75, 3.05) is 63.3 Å². The van der Waals surface area contributed by atoms with Gasteiger partial charge in [0.05, 0.1) is 58.4 Å². The van der Waals surface area contributed by atoms with Crippen LogP contribution in [0.3, 0.4) is 0 Å². The molecular formula is C33H36F4N8O3S. The van der Waals surface area contributed by atoms with Crippen molar-refractivity contribution >= 4 is 54.2 Å². The van der Waals surface area contributed by atoms with Gasteiger partial charge in [-0.25, -0.2) is 9.37 Å². The maximum absolute atomic E-state index is 14.8. The van der Waals surface area contributed by atoms with Gasteiger partial charge in [-0.15, -0.1) is 11.3 Å². The van der Waals surface area contributed by atoms with Gasteiger partial charge in [-0.2, -0.15) is 28.2 Å². The van der Waals surface area contributed by atoms with Gasteiger partial charge >= 0.3 is 12.2 Å². The first-order valence-electron chi connectivity index (χ1n) is 16.3. The van der Waals surface area contributed by atoms with Crippen LogP contribution in [0.4, 0.5) is 29.2 Å². The third kappa shape index (κ3) is 5.52. The third-order valence-corrected chi connectivity index (χ3v) is 11.1. The van der Waals surface area contributed by atoms with Crippen molar-refractivity contribution in [1.82, 2.24) is 30.0 Å². The van der Waals surface area contributed by atoms with Gasteiger partial charge in [0, 0.05) is 42.9 Å². The SMILES string of the molecule is CNc1cc2c(sc3nc(OC[C@@]45CCCN4C[C@H](F)C5)nc(N4CCOC[C@@](C)(O)C4)c32)c(-c2c(C(F)(F)F)c(C)cc3[nH]ncc23)n1. The van der Waals surface area contributed by atoms with E-state index in [1.807, 2.05) is 4.90 Å². The van der Waals surface area contributed by atoms with Crippen LogP contribution in [0.5, 0.6) is 6.01 Å². The van der Waals surface area contributed by atoms with Crippen LogP contribution in [-0.2, 0) is 10.9 Å². The molecule has 0 spiro atoms. The molecule has 11 nitrogen and oxygen atoms in total. The van der Waals surface area contributed by atoms with E-state index in [0.29, 0.717) is 63.6 Å². The summed E-state index contributed by atoms with van der Waals surface area (Å²) < 4.78 is 71.6. The lowest BCUT2D eigenvalue weighted by atomic mass is 9.94. The number of nitrogens with zero attached hydrogens (tertiary/aromatic N) is 6. The molecule has 5 aromatic rings. The molecule has 3 aliphatic rings. The fourth-order valence-electron chi connectivity index (χ4n) is 7.90. The first-order valence-corrected chi connectivity index (χ1v) is 17.1. The molecule has 0 saturated carbocycles. The van der Waals surface area contributed by atoms with E-state index in [0.717, 1.165) is 19.4 Å². The molecule has 1 aromatic carbocycles. The number of benzene rings is 1. The normalized spacial score (nSPS) is 25.1. The van der Waals surface area contributed by atoms with E-state index in [9.17, 15) is 22.7 Å². The van der Waals surface area contributed by atoms with Gasteiger partial charge in [0.2, 0.25) is 0 Å². The highest BCUT2D eigenvalue weighted by Crippen LogP contribution is 2.49. The standard InChI is InChI=1S/C33H36F4N8O3S/c1-17-9-21-20(12-39-43-21)23(25(17)33(35,36)37)26-27-19(10-22(38-3)40-26)24-28(44-7-8-47-15-31(2,46)14-44)41-30(42-29(24)49-27)48-16-32-5-4-6-45(32)13-18(34)11-32/h9-10,12,18,46H,4-8,11,13-16H2,1-3H3,(H,38,40)(H,39,43)/t18-,31+,32+/m1/s1. The second-order valence-electron chi connectivity index (χ2n) is 13.7. The molecule has 3 atom stereocenters. The highest BCUT2D eigenvalue weighted by atomic mass is 32.1. The average molecular weight is 701 g/mol. The number of hydrogen-bond acceptors (Lipinski definition) is 11. The first-order chi connectivity index (χ1) is 23.4. The Morgan fingerprint density at radius 2 is 2.04 bits per heavy atom. The number of alkyl halides is 4. The molecule has 4 aromatic heterocycles. The summed E-state index contributed by atoms with van der Waals surface area (Å²) in [6.45, 7) is 5.52. The summed E-state index contributed by atoms with van der Waals surface area (Å²) in [7, 11) is 1.66. The number of anilines is 2. The Balaban J connectivity index is 1.36. The molecule has 3 fully saturated rings. The van der Waals surface area contributed by atoms with Gasteiger partial charge in [0.1, 0.15) is 34.8 Å². The molecule has 260 valence electrons. The number of fused-ring (bicyclic) bond motifs is 5. The van der Waals surface area contributed by atoms with Crippen LogP contribution >= 0.6 is 11.3 Å². The van der Waals surface area contributed by atoms with Gasteiger partial charge in [-0.05, 0) is 50.9 Å². The minimum Gasteiger partial charge on any atom is -0.461 e. The van der Waals surface area contributed by atoms with Gasteiger partial charge in [0.15, 0.2) is 0 Å². The Bertz CT molecular complexity index is 2080. The number of β-amino-alcohol motifs (C(OH)–C–C–N with tert-alkyl or cyclic N) is 1. The number of nitrogens with one attached hydrogen (secondary N) is 2. The summed E-state index contributed by atoms with van der Waals surface area (Å²) in [5.74, 6) is 0.814. The van der Waals surface area contributed by atoms with Crippen molar-refractivity contribution in [3.63, 3.8) is 0 Å². The number of aryl methyl sites for hydroxylation is 1. The van der Waals surface area contributed by atoms with Crippen molar-refractivity contribution < 1.29 is 32.1 Å². The number of halogens is 4. The molecule has 0 amide bonds. The summed E-state index contributed by atoms with van der Waals surface area (Å²) in [5, 5.41) is 22.5. The minimum atomic E-state index is -4.68. The molecule has 0 bridgehead atoms. The molecule has 0 aliphatic carbocycles. The number of pyridine rings is 1. The number of H-pyrrole nitrogens is 1. The number of aliphatic hydroxyl groups is 1. The highest BCUT2D eigenvalue weighted by Gasteiger charge is 2.49. The molecule has 16 heteroatoms. The van der Waals surface area contributed by atoms with E-state index in [4.69, 9.17) is 24.4 Å². The molecule has 49 heavy (non-hydrogen) atoms. The summed E-state index contributed by atoms with van der Waals surface area (Å²) in [6.07, 6.45) is -2.09. The van der Waals surface area contributed by atoms with Crippen molar-refractivity contribution in [3.8, 4) is 17.3 Å². The minimum absolute atomic E-state index is 0.0379. The fraction of sp³-hybridized carbons (Fsp3) is 0.515. The number of thiophene rings is 1. The predicted molar refractivity (Wildman–Crippen MR) is 179 cm³/mol. The number of aromatic nitrogens is 5. The zero-order chi connectivity index (χ0) is 34.3. The van der Waals surface area contributed by atoms with Gasteiger partial charge < -0.3 is 24.8 Å². The molecule has 8 rings (SSSR count). The quantitative estimate of drug-likeness (QED) is 0.190. The van der Waals surface area contributed by atoms with E-state index in [1.165, 1.54) is 30.5 Å².